The lowest BCUT2D eigenvalue weighted by Gasteiger charge is -2.32. The highest BCUT2D eigenvalue weighted by molar-refractivity contribution is 5.94. The summed E-state index contributed by atoms with van der Waals surface area (Å²) in [4.78, 5) is 24.3. The molecule has 0 aliphatic carbocycles. The fraction of sp³-hybridized carbons (Fsp3) is 0.375. The second kappa shape index (κ2) is 7.22. The van der Waals surface area contributed by atoms with Gasteiger partial charge in [0.2, 0.25) is 0 Å². The zero-order valence-electron chi connectivity index (χ0n) is 13.8. The summed E-state index contributed by atoms with van der Waals surface area (Å²) in [5.74, 6) is 5.35. The molecule has 130 valence electrons. The summed E-state index contributed by atoms with van der Waals surface area (Å²) in [6.07, 6.45) is 0. The molecule has 0 saturated heterocycles. The van der Waals surface area contributed by atoms with Crippen molar-refractivity contribution >= 4 is 12.0 Å². The third-order valence-corrected chi connectivity index (χ3v) is 3.64. The normalized spacial score (nSPS) is 17.6. The van der Waals surface area contributed by atoms with E-state index in [9.17, 15) is 14.7 Å². The molecule has 8 nitrogen and oxygen atoms in total. The molecule has 0 radical (unpaired) electrons. The Bertz CT molecular complexity index is 686. The Kier molecular flexibility index (Phi) is 5.30. The van der Waals surface area contributed by atoms with Gasteiger partial charge in [0.05, 0.1) is 24.8 Å². The lowest BCUT2D eigenvalue weighted by Crippen LogP contribution is -2.51. The maximum atomic E-state index is 12.3. The number of phenols is 1. The number of benzene rings is 1. The van der Waals surface area contributed by atoms with E-state index in [1.165, 1.54) is 6.07 Å². The van der Waals surface area contributed by atoms with Crippen LogP contribution in [0.5, 0.6) is 11.5 Å². The lowest BCUT2D eigenvalue weighted by molar-refractivity contribution is -0.139. The Balaban J connectivity index is 2.51. The van der Waals surface area contributed by atoms with Crippen molar-refractivity contribution in [2.24, 2.45) is 5.84 Å². The van der Waals surface area contributed by atoms with E-state index in [0.29, 0.717) is 17.9 Å². The number of carbonyl (C=O) groups excluding carboxylic acids is 2. The first-order valence-electron chi connectivity index (χ1n) is 7.59. The first-order valence-corrected chi connectivity index (χ1v) is 7.59. The zero-order chi connectivity index (χ0) is 17.9. The molecule has 0 saturated carbocycles. The van der Waals surface area contributed by atoms with E-state index >= 15 is 0 Å². The van der Waals surface area contributed by atoms with Gasteiger partial charge in [-0.2, -0.15) is 0 Å². The molecule has 0 bridgehead atoms. The molecule has 8 heteroatoms. The molecule has 1 heterocycles. The van der Waals surface area contributed by atoms with Gasteiger partial charge in [-0.25, -0.2) is 20.4 Å². The highest BCUT2D eigenvalue weighted by Crippen LogP contribution is 2.35. The summed E-state index contributed by atoms with van der Waals surface area (Å²) >= 11 is 0. The number of hydrogen-bond donors (Lipinski definition) is 3. The number of hydrazine groups is 1. The van der Waals surface area contributed by atoms with E-state index < -0.39 is 18.0 Å². The van der Waals surface area contributed by atoms with Crippen molar-refractivity contribution in [3.63, 3.8) is 0 Å². The molecule has 1 aromatic rings. The number of esters is 1. The minimum absolute atomic E-state index is 0.0263. The number of hydrogen-bond acceptors (Lipinski definition) is 6. The Morgan fingerprint density at radius 3 is 2.71 bits per heavy atom. The quantitative estimate of drug-likeness (QED) is 0.427. The number of nitrogens with zero attached hydrogens (tertiary/aromatic N) is 1. The number of nitrogens with two attached hydrogens (primary N) is 1. The van der Waals surface area contributed by atoms with Crippen molar-refractivity contribution in [2.45, 2.75) is 26.8 Å². The molecule has 2 amide bonds. The maximum Gasteiger partial charge on any atom is 0.338 e. The van der Waals surface area contributed by atoms with Crippen LogP contribution in [0.25, 0.3) is 0 Å². The lowest BCUT2D eigenvalue weighted by atomic mass is 9.95. The van der Waals surface area contributed by atoms with Crippen molar-refractivity contribution in [1.29, 1.82) is 0 Å². The average molecular weight is 335 g/mol. The topological polar surface area (TPSA) is 114 Å². The van der Waals surface area contributed by atoms with Gasteiger partial charge in [0, 0.05) is 5.70 Å². The van der Waals surface area contributed by atoms with Gasteiger partial charge >= 0.3 is 12.0 Å². The van der Waals surface area contributed by atoms with Gasteiger partial charge < -0.3 is 19.9 Å². The van der Waals surface area contributed by atoms with Crippen molar-refractivity contribution in [3.05, 3.63) is 35.0 Å². The monoisotopic (exact) mass is 335 g/mol. The number of ether oxygens (including phenoxy) is 2. The average Bonchev–Trinajstić information content (AvgIpc) is 2.54. The molecule has 1 atom stereocenters. The first kappa shape index (κ1) is 17.6. The van der Waals surface area contributed by atoms with E-state index in [-0.39, 0.29) is 23.7 Å². The third-order valence-electron chi connectivity index (χ3n) is 3.64. The van der Waals surface area contributed by atoms with Crippen LogP contribution in [0.2, 0.25) is 0 Å². The van der Waals surface area contributed by atoms with E-state index in [1.807, 2.05) is 0 Å². The number of rotatable bonds is 5. The Labute approximate surface area is 139 Å². The fourth-order valence-corrected chi connectivity index (χ4v) is 2.46. The van der Waals surface area contributed by atoms with E-state index in [1.54, 1.807) is 32.9 Å². The third kappa shape index (κ3) is 3.28. The van der Waals surface area contributed by atoms with Crippen LogP contribution in [-0.2, 0) is 9.53 Å². The number of nitrogens with one attached hydrogen (secondary N) is 1. The minimum Gasteiger partial charge on any atom is -0.504 e. The molecular weight excluding hydrogens is 314 g/mol. The Morgan fingerprint density at radius 2 is 2.08 bits per heavy atom. The van der Waals surface area contributed by atoms with Crippen LogP contribution in [0.15, 0.2) is 29.5 Å². The molecule has 0 unspecified atom stereocenters. The molecule has 0 spiro atoms. The zero-order valence-corrected chi connectivity index (χ0v) is 13.8. The van der Waals surface area contributed by atoms with Gasteiger partial charge in [-0.05, 0) is 38.5 Å². The van der Waals surface area contributed by atoms with Crippen LogP contribution in [0.3, 0.4) is 0 Å². The second-order valence-corrected chi connectivity index (χ2v) is 5.13. The summed E-state index contributed by atoms with van der Waals surface area (Å²) in [6.45, 7) is 5.61. The molecule has 1 aliphatic rings. The number of urea groups is 1. The van der Waals surface area contributed by atoms with Crippen molar-refractivity contribution in [2.75, 3.05) is 13.2 Å². The summed E-state index contributed by atoms with van der Waals surface area (Å²) < 4.78 is 10.4. The van der Waals surface area contributed by atoms with Gasteiger partial charge in [0.25, 0.3) is 0 Å². The first-order chi connectivity index (χ1) is 11.4. The molecule has 2 rings (SSSR count). The van der Waals surface area contributed by atoms with Gasteiger partial charge in [-0.15, -0.1) is 0 Å². The molecule has 4 N–H and O–H groups in total. The molecular formula is C16H21N3O5. The Morgan fingerprint density at radius 1 is 1.38 bits per heavy atom. The van der Waals surface area contributed by atoms with Crippen LogP contribution in [0, 0.1) is 0 Å². The molecule has 24 heavy (non-hydrogen) atoms. The van der Waals surface area contributed by atoms with Gasteiger partial charge in [0.15, 0.2) is 11.5 Å². The van der Waals surface area contributed by atoms with E-state index in [4.69, 9.17) is 15.3 Å². The van der Waals surface area contributed by atoms with Gasteiger partial charge in [-0.3, -0.25) is 0 Å². The number of amides is 2. The van der Waals surface area contributed by atoms with Crippen LogP contribution in [0.4, 0.5) is 4.79 Å². The van der Waals surface area contributed by atoms with Crippen LogP contribution in [-0.4, -0.2) is 35.3 Å². The van der Waals surface area contributed by atoms with Crippen LogP contribution < -0.4 is 15.9 Å². The largest absolute Gasteiger partial charge is 0.504 e. The maximum absolute atomic E-state index is 12.3. The highest BCUT2D eigenvalue weighted by Gasteiger charge is 2.35. The number of aromatic hydroxyl groups is 1. The predicted molar refractivity (Wildman–Crippen MR) is 85.9 cm³/mol. The number of phenolic OH excluding ortho intramolecular Hbond substituents is 1. The van der Waals surface area contributed by atoms with Crippen molar-refractivity contribution in [1.82, 2.24) is 10.3 Å². The van der Waals surface area contributed by atoms with E-state index in [2.05, 4.69) is 5.32 Å². The van der Waals surface area contributed by atoms with Gasteiger partial charge in [-0.1, -0.05) is 6.07 Å². The fourth-order valence-electron chi connectivity index (χ4n) is 2.46. The summed E-state index contributed by atoms with van der Waals surface area (Å²) in [5, 5.41) is 13.4. The SMILES string of the molecule is CCOC(=O)C1=C(C)N(N)C(=O)N[C@H]1c1ccc(O)c(OCC)c1. The minimum atomic E-state index is -0.754. The van der Waals surface area contributed by atoms with Crippen LogP contribution in [0.1, 0.15) is 32.4 Å². The Hall–Kier alpha value is -2.74. The van der Waals surface area contributed by atoms with Crippen molar-refractivity contribution in [3.8, 4) is 11.5 Å². The summed E-state index contributed by atoms with van der Waals surface area (Å²) in [5.41, 5.74) is 1.10. The predicted octanol–water partition coefficient (Wildman–Crippen LogP) is 1.57. The summed E-state index contributed by atoms with van der Waals surface area (Å²) in [7, 11) is 0. The number of allylic oxidation sites excluding steroid dienone is 1. The molecule has 0 fully saturated rings. The molecule has 0 aromatic heterocycles. The molecule has 1 aliphatic heterocycles. The van der Waals surface area contributed by atoms with Gasteiger partial charge in [0.1, 0.15) is 0 Å². The number of carbonyl (C=O) groups is 2. The highest BCUT2D eigenvalue weighted by atomic mass is 16.5. The standard InChI is InChI=1S/C16H21N3O5/c1-4-23-12-8-10(6-7-11(12)20)14-13(15(21)24-5-2)9(3)19(17)16(22)18-14/h6-8,14,20H,4-5,17H2,1-3H3,(H,18,22)/t14-/m0/s1. The van der Waals surface area contributed by atoms with Crippen LogP contribution >= 0.6 is 0 Å². The second-order valence-electron chi connectivity index (χ2n) is 5.13. The molecule has 1 aromatic carbocycles. The van der Waals surface area contributed by atoms with Crippen molar-refractivity contribution < 1.29 is 24.2 Å². The summed E-state index contributed by atoms with van der Waals surface area (Å²) in [6, 6.07) is 3.32. The smallest absolute Gasteiger partial charge is 0.338 e. The van der Waals surface area contributed by atoms with E-state index in [0.717, 1.165) is 5.01 Å².